The molecule has 9 fully saturated rings. The number of hydrogen-bond acceptors (Lipinski definition) is 6. The Bertz CT molecular complexity index is 2230. The lowest BCUT2D eigenvalue weighted by atomic mass is 9.32. The maximum atomic E-state index is 15.9. The number of nitrogens with zero attached hydrogens (tertiary/aromatic N) is 3. The quantitative estimate of drug-likeness (QED) is 0.241. The standard InChI is InChI=1S/C57H82N4O5/c1-51(2)39(48(62)63)32-40(51)49(64)66-45-22-23-54(6)43(52(45,3)4)21-24-56(8)44(54)19-18-38-46-37(53(5)26-27-53)20-25-57(46,29-28-55(38,56)7)50(65)61-31-12-16-36(61)34-60-30-13-17-42(60)47-58-33-41(59-47)35-14-10-9-11-15-35/h9-11,14-15,33,36-40,42-46H,12-13,16-32,34H2,1-8H3,(H,58,59)(H,62,63)/t36-,37+,38?,39-,40+,42-,43-,44+,45-,46+,54-,55+,56+,57-/m0/s1. The summed E-state index contributed by atoms with van der Waals surface area (Å²) in [4.78, 5) is 55.3. The first-order valence-corrected chi connectivity index (χ1v) is 26.9. The van der Waals surface area contributed by atoms with Crippen molar-refractivity contribution >= 4 is 17.8 Å². The summed E-state index contributed by atoms with van der Waals surface area (Å²) in [6.45, 7) is 22.2. The minimum atomic E-state index is -0.807. The molecule has 360 valence electrons. The van der Waals surface area contributed by atoms with Crippen molar-refractivity contribution in [3.8, 4) is 11.3 Å². The number of carbonyl (C=O) groups excluding carboxylic acids is 2. The number of aliphatic carboxylic acids is 1. The van der Waals surface area contributed by atoms with Gasteiger partial charge in [0.25, 0.3) is 0 Å². The van der Waals surface area contributed by atoms with Gasteiger partial charge in [-0.05, 0) is 178 Å². The molecule has 3 heterocycles. The van der Waals surface area contributed by atoms with Crippen LogP contribution < -0.4 is 0 Å². The van der Waals surface area contributed by atoms with Gasteiger partial charge in [-0.1, -0.05) is 85.7 Å². The third-order valence-corrected chi connectivity index (χ3v) is 23.3. The number of ether oxygens (including phenoxy) is 1. The van der Waals surface area contributed by atoms with Crippen LogP contribution in [0, 0.1) is 79.3 Å². The maximum absolute atomic E-state index is 15.9. The third kappa shape index (κ3) is 6.44. The number of likely N-dealkylation sites (tertiary alicyclic amines) is 2. The normalized spacial score (nSPS) is 44.0. The number of nitrogens with one attached hydrogen (secondary N) is 1. The molecule has 2 N–H and O–H groups in total. The number of hydrogen-bond donors (Lipinski definition) is 2. The summed E-state index contributed by atoms with van der Waals surface area (Å²) in [7, 11) is 0. The van der Waals surface area contributed by atoms with Gasteiger partial charge in [0.2, 0.25) is 5.91 Å². The Morgan fingerprint density at radius 2 is 1.50 bits per heavy atom. The number of amides is 1. The number of fused-ring (bicyclic) bond motifs is 7. The van der Waals surface area contributed by atoms with Crippen LogP contribution in [-0.2, 0) is 19.1 Å². The van der Waals surface area contributed by atoms with Crippen LogP contribution in [0.3, 0.4) is 0 Å². The molecule has 0 bridgehead atoms. The van der Waals surface area contributed by atoms with Gasteiger partial charge < -0.3 is 19.7 Å². The molecule has 1 aromatic heterocycles. The Hall–Kier alpha value is -3.20. The van der Waals surface area contributed by atoms with Crippen LogP contribution in [0.4, 0.5) is 0 Å². The molecule has 2 aliphatic heterocycles. The van der Waals surface area contributed by atoms with E-state index in [1.54, 1.807) is 0 Å². The number of rotatable bonds is 9. The fourth-order valence-corrected chi connectivity index (χ4v) is 18.9. The molecule has 2 aromatic rings. The molecule has 2 saturated heterocycles. The maximum Gasteiger partial charge on any atom is 0.309 e. The number of aromatic nitrogens is 2. The second-order valence-electron chi connectivity index (χ2n) is 26.4. The van der Waals surface area contributed by atoms with Gasteiger partial charge in [-0.15, -0.1) is 0 Å². The Labute approximate surface area is 395 Å². The lowest BCUT2D eigenvalue weighted by Gasteiger charge is -2.73. The van der Waals surface area contributed by atoms with Crippen LogP contribution >= 0.6 is 0 Å². The van der Waals surface area contributed by atoms with Gasteiger partial charge in [0.15, 0.2) is 0 Å². The van der Waals surface area contributed by atoms with E-state index < -0.39 is 17.3 Å². The number of carboxylic acid groups (broad SMARTS) is 1. The van der Waals surface area contributed by atoms with E-state index in [4.69, 9.17) is 9.72 Å². The monoisotopic (exact) mass is 903 g/mol. The molecule has 1 unspecified atom stereocenters. The van der Waals surface area contributed by atoms with Gasteiger partial charge in [-0.2, -0.15) is 0 Å². The lowest BCUT2D eigenvalue weighted by Crippen LogP contribution is -2.68. The van der Waals surface area contributed by atoms with Crippen molar-refractivity contribution in [2.45, 2.75) is 183 Å². The molecule has 0 radical (unpaired) electrons. The Morgan fingerprint density at radius 1 is 0.742 bits per heavy atom. The van der Waals surface area contributed by atoms with Gasteiger partial charge in [-0.3, -0.25) is 19.3 Å². The van der Waals surface area contributed by atoms with Gasteiger partial charge in [0.05, 0.1) is 35.2 Å². The van der Waals surface area contributed by atoms with Crippen molar-refractivity contribution in [3.63, 3.8) is 0 Å². The zero-order valence-electron chi connectivity index (χ0n) is 41.8. The molecule has 66 heavy (non-hydrogen) atoms. The highest BCUT2D eigenvalue weighted by Crippen LogP contribution is 2.79. The molecule has 1 amide bonds. The van der Waals surface area contributed by atoms with Crippen LogP contribution in [0.5, 0.6) is 0 Å². The van der Waals surface area contributed by atoms with E-state index in [9.17, 15) is 14.7 Å². The van der Waals surface area contributed by atoms with Crippen LogP contribution in [0.1, 0.15) is 176 Å². The molecule has 9 heteroatoms. The summed E-state index contributed by atoms with van der Waals surface area (Å²) in [5.74, 6) is 2.47. The summed E-state index contributed by atoms with van der Waals surface area (Å²) in [5, 5.41) is 9.76. The second-order valence-corrected chi connectivity index (χ2v) is 26.4. The summed E-state index contributed by atoms with van der Waals surface area (Å²) in [6, 6.07) is 11.1. The van der Waals surface area contributed by atoms with Crippen molar-refractivity contribution in [3.05, 3.63) is 42.4 Å². The Morgan fingerprint density at radius 3 is 2.23 bits per heavy atom. The highest BCUT2D eigenvalue weighted by molar-refractivity contribution is 5.85. The predicted molar refractivity (Wildman–Crippen MR) is 257 cm³/mol. The summed E-state index contributed by atoms with van der Waals surface area (Å²) in [6.07, 6.45) is 20.6. The van der Waals surface area contributed by atoms with Gasteiger partial charge >= 0.3 is 11.9 Å². The first-order chi connectivity index (χ1) is 31.3. The molecule has 7 aliphatic carbocycles. The highest BCUT2D eigenvalue weighted by Gasteiger charge is 2.74. The molecule has 11 rings (SSSR count). The summed E-state index contributed by atoms with van der Waals surface area (Å²) in [5.41, 5.74) is 2.13. The minimum absolute atomic E-state index is 0.147. The van der Waals surface area contributed by atoms with E-state index in [0.717, 1.165) is 88.9 Å². The third-order valence-electron chi connectivity index (χ3n) is 23.3. The number of benzene rings is 1. The van der Waals surface area contributed by atoms with Gasteiger partial charge in [0.1, 0.15) is 11.9 Å². The van der Waals surface area contributed by atoms with Crippen LogP contribution in [0.2, 0.25) is 0 Å². The van der Waals surface area contributed by atoms with E-state index in [1.165, 1.54) is 50.5 Å². The molecular formula is C57H82N4O5. The van der Waals surface area contributed by atoms with E-state index in [0.29, 0.717) is 47.3 Å². The van der Waals surface area contributed by atoms with E-state index in [-0.39, 0.29) is 57.1 Å². The number of carbonyl (C=O) groups is 3. The second kappa shape index (κ2) is 15.4. The highest BCUT2D eigenvalue weighted by atomic mass is 16.5. The molecule has 1 aromatic carbocycles. The molecule has 14 atom stereocenters. The molecule has 9 aliphatic rings. The number of aromatic amines is 1. The fourth-order valence-electron chi connectivity index (χ4n) is 18.9. The summed E-state index contributed by atoms with van der Waals surface area (Å²) >= 11 is 0. The van der Waals surface area contributed by atoms with Crippen molar-refractivity contribution in [1.82, 2.24) is 19.8 Å². The van der Waals surface area contributed by atoms with Crippen molar-refractivity contribution in [2.75, 3.05) is 19.6 Å². The number of H-pyrrole nitrogens is 1. The molecule has 7 saturated carbocycles. The van der Waals surface area contributed by atoms with Crippen molar-refractivity contribution in [1.29, 1.82) is 0 Å². The molecular weight excluding hydrogens is 821 g/mol. The molecule has 0 spiro atoms. The zero-order valence-corrected chi connectivity index (χ0v) is 41.8. The van der Waals surface area contributed by atoms with E-state index in [1.807, 2.05) is 20.0 Å². The smallest absolute Gasteiger partial charge is 0.309 e. The number of carboxylic acids is 1. The Kier molecular flexibility index (Phi) is 10.6. The average molecular weight is 903 g/mol. The number of imidazole rings is 1. The number of esters is 1. The van der Waals surface area contributed by atoms with E-state index >= 15 is 4.79 Å². The minimum Gasteiger partial charge on any atom is -0.481 e. The zero-order chi connectivity index (χ0) is 46.4. The van der Waals surface area contributed by atoms with Crippen LogP contribution in [0.15, 0.2) is 36.5 Å². The fraction of sp³-hybridized carbons (Fsp3) is 0.789. The Balaban J connectivity index is 0.827. The average Bonchev–Trinajstić information content (AvgIpc) is 3.81. The van der Waals surface area contributed by atoms with Gasteiger partial charge in [-0.25, -0.2) is 4.98 Å². The first kappa shape index (κ1) is 45.3. The predicted octanol–water partition coefficient (Wildman–Crippen LogP) is 11.7. The van der Waals surface area contributed by atoms with Crippen molar-refractivity contribution < 1.29 is 24.2 Å². The SMILES string of the molecule is CC1([C@@H]2CC[C@]3(C(=O)N4CCC[C@H]4CN4CCC[C@H]4c4ncc(-c5ccccc5)[nH]4)CC[C@]4(C)C(CC[C@@H]5[C@@]6(C)CC[C@H](OC(=O)[C@H]7C[C@@H](C(=O)O)C7(C)C)C(C)(C)[C@@H]6CC[C@]54C)[C@@H]23)CC1. The summed E-state index contributed by atoms with van der Waals surface area (Å²) < 4.78 is 6.52. The van der Waals surface area contributed by atoms with Crippen molar-refractivity contribution in [2.24, 2.45) is 79.3 Å². The van der Waals surface area contributed by atoms with Gasteiger partial charge in [0, 0.05) is 24.5 Å². The lowest BCUT2D eigenvalue weighted by molar-refractivity contribution is -0.253. The first-order valence-electron chi connectivity index (χ1n) is 26.9. The topological polar surface area (TPSA) is 116 Å². The van der Waals surface area contributed by atoms with E-state index in [2.05, 4.69) is 86.7 Å². The van der Waals surface area contributed by atoms with Crippen LogP contribution in [0.25, 0.3) is 11.3 Å². The van der Waals surface area contributed by atoms with Crippen LogP contribution in [-0.4, -0.2) is 74.5 Å². The molecule has 9 nitrogen and oxygen atoms in total. The largest absolute Gasteiger partial charge is 0.481 e.